The number of nitrogens with zero attached hydrogens (tertiary/aromatic N) is 3. The average Bonchev–Trinajstić information content (AvgIpc) is 3.58. The number of fused-ring (bicyclic) bond motifs is 5. The van der Waals surface area contributed by atoms with Crippen molar-refractivity contribution in [2.45, 2.75) is 0 Å². The molecule has 0 unspecified atom stereocenters. The van der Waals surface area contributed by atoms with Gasteiger partial charge in [-0.2, -0.15) is 0 Å². The molecular weight excluding hydrogens is 623 g/mol. The van der Waals surface area contributed by atoms with Crippen LogP contribution >= 0.6 is 0 Å². The van der Waals surface area contributed by atoms with E-state index in [1.165, 1.54) is 16.3 Å². The van der Waals surface area contributed by atoms with Crippen LogP contribution in [0.5, 0.6) is 0 Å². The van der Waals surface area contributed by atoms with E-state index in [0.29, 0.717) is 17.5 Å². The molecule has 4 nitrogen and oxygen atoms in total. The van der Waals surface area contributed by atoms with Crippen LogP contribution in [0.25, 0.3) is 99.9 Å². The first-order chi connectivity index (χ1) is 25.2. The third-order valence-corrected chi connectivity index (χ3v) is 9.72. The fourth-order valence-electron chi connectivity index (χ4n) is 7.10. The van der Waals surface area contributed by atoms with Gasteiger partial charge in [0, 0.05) is 27.5 Å². The summed E-state index contributed by atoms with van der Waals surface area (Å²) < 4.78 is 6.10. The predicted octanol–water partition coefficient (Wildman–Crippen LogP) is 12.4. The molecule has 0 fully saturated rings. The Morgan fingerprint density at radius 2 is 0.863 bits per heavy atom. The predicted molar refractivity (Wildman–Crippen MR) is 209 cm³/mol. The van der Waals surface area contributed by atoms with Gasteiger partial charge in [-0.25, -0.2) is 15.0 Å². The maximum absolute atomic E-state index is 6.10. The van der Waals surface area contributed by atoms with Crippen LogP contribution in [0.3, 0.4) is 0 Å². The summed E-state index contributed by atoms with van der Waals surface area (Å²) in [6.07, 6.45) is 0. The minimum Gasteiger partial charge on any atom is -0.456 e. The molecule has 2 aromatic heterocycles. The molecule has 0 N–H and O–H groups in total. The molecular formula is C47H29N3O. The number of para-hydroxylation sites is 1. The molecule has 10 rings (SSSR count). The number of aromatic nitrogens is 3. The van der Waals surface area contributed by atoms with Crippen molar-refractivity contribution in [3.8, 4) is 56.4 Å². The number of hydrogen-bond acceptors (Lipinski definition) is 4. The average molecular weight is 652 g/mol. The van der Waals surface area contributed by atoms with Gasteiger partial charge in [-0.1, -0.05) is 146 Å². The van der Waals surface area contributed by atoms with Crippen molar-refractivity contribution in [2.75, 3.05) is 0 Å². The van der Waals surface area contributed by atoms with Gasteiger partial charge in [0.25, 0.3) is 0 Å². The van der Waals surface area contributed by atoms with E-state index in [0.717, 1.165) is 66.1 Å². The second-order valence-corrected chi connectivity index (χ2v) is 12.9. The van der Waals surface area contributed by atoms with Crippen molar-refractivity contribution in [3.63, 3.8) is 0 Å². The van der Waals surface area contributed by atoms with Gasteiger partial charge in [0.2, 0.25) is 0 Å². The van der Waals surface area contributed by atoms with Crippen LogP contribution in [0.4, 0.5) is 0 Å². The molecule has 0 aliphatic carbocycles. The van der Waals surface area contributed by atoms with E-state index in [9.17, 15) is 0 Å². The second-order valence-electron chi connectivity index (χ2n) is 12.9. The zero-order valence-electron chi connectivity index (χ0n) is 27.5. The molecule has 0 aliphatic heterocycles. The molecule has 51 heavy (non-hydrogen) atoms. The quantitative estimate of drug-likeness (QED) is 0.186. The summed E-state index contributed by atoms with van der Waals surface area (Å²) in [5, 5.41) is 6.91. The van der Waals surface area contributed by atoms with Crippen LogP contribution < -0.4 is 0 Å². The smallest absolute Gasteiger partial charge is 0.164 e. The standard InChI is InChI=1S/C47H29N3O/c1-2-11-34-27-36(24-21-30(34)9-1)31-19-22-33(23-20-31)45-48-46(50-47(49-45)41-17-8-12-32-10-3-4-15-39(32)41)38-14-7-13-35(28-38)37-25-26-44-42(29-37)40-16-5-6-18-43(40)51-44/h1-29H. The highest BCUT2D eigenvalue weighted by Crippen LogP contribution is 2.35. The van der Waals surface area contributed by atoms with Gasteiger partial charge in [-0.05, 0) is 74.1 Å². The summed E-state index contributed by atoms with van der Waals surface area (Å²) in [5.41, 5.74) is 9.08. The summed E-state index contributed by atoms with van der Waals surface area (Å²) in [6, 6.07) is 61.2. The first-order valence-corrected chi connectivity index (χ1v) is 17.1. The molecule has 0 saturated carbocycles. The van der Waals surface area contributed by atoms with Crippen molar-refractivity contribution < 1.29 is 4.42 Å². The Kier molecular flexibility index (Phi) is 6.78. The minimum absolute atomic E-state index is 0.623. The van der Waals surface area contributed by atoms with Crippen LogP contribution in [0, 0.1) is 0 Å². The van der Waals surface area contributed by atoms with Gasteiger partial charge < -0.3 is 4.42 Å². The van der Waals surface area contributed by atoms with Gasteiger partial charge in [0.15, 0.2) is 17.5 Å². The highest BCUT2D eigenvalue weighted by atomic mass is 16.3. The highest BCUT2D eigenvalue weighted by Gasteiger charge is 2.16. The molecule has 0 saturated heterocycles. The molecule has 0 aliphatic rings. The molecule has 4 heteroatoms. The van der Waals surface area contributed by atoms with E-state index < -0.39 is 0 Å². The number of benzene rings is 8. The van der Waals surface area contributed by atoms with E-state index in [-0.39, 0.29) is 0 Å². The SMILES string of the molecule is c1cc(-c2ccc3oc4ccccc4c3c2)cc(-c2nc(-c3ccc(-c4ccc5ccccc5c4)cc3)nc(-c3cccc4ccccc34)n2)c1. The molecule has 0 bridgehead atoms. The Morgan fingerprint density at radius 1 is 0.294 bits per heavy atom. The monoisotopic (exact) mass is 651 g/mol. The van der Waals surface area contributed by atoms with E-state index >= 15 is 0 Å². The van der Waals surface area contributed by atoms with Crippen molar-refractivity contribution in [3.05, 3.63) is 176 Å². The van der Waals surface area contributed by atoms with Gasteiger partial charge in [0.05, 0.1) is 0 Å². The summed E-state index contributed by atoms with van der Waals surface area (Å²) >= 11 is 0. The summed E-state index contributed by atoms with van der Waals surface area (Å²) in [4.78, 5) is 15.3. The first-order valence-electron chi connectivity index (χ1n) is 17.1. The molecule has 0 radical (unpaired) electrons. The summed E-state index contributed by atoms with van der Waals surface area (Å²) in [6.45, 7) is 0. The topological polar surface area (TPSA) is 51.8 Å². The lowest BCUT2D eigenvalue weighted by atomic mass is 10.00. The maximum atomic E-state index is 6.10. The zero-order valence-corrected chi connectivity index (χ0v) is 27.5. The van der Waals surface area contributed by atoms with Crippen molar-refractivity contribution in [1.29, 1.82) is 0 Å². The maximum Gasteiger partial charge on any atom is 0.164 e. The zero-order chi connectivity index (χ0) is 33.7. The number of hydrogen-bond donors (Lipinski definition) is 0. The van der Waals surface area contributed by atoms with E-state index in [2.05, 4.69) is 158 Å². The number of rotatable bonds is 5. The Morgan fingerprint density at radius 3 is 1.75 bits per heavy atom. The molecule has 238 valence electrons. The van der Waals surface area contributed by atoms with Crippen LogP contribution in [0.15, 0.2) is 180 Å². The molecule has 10 aromatic rings. The van der Waals surface area contributed by atoms with Crippen molar-refractivity contribution in [1.82, 2.24) is 15.0 Å². The van der Waals surface area contributed by atoms with E-state index in [4.69, 9.17) is 19.4 Å². The van der Waals surface area contributed by atoms with E-state index in [1.54, 1.807) is 0 Å². The van der Waals surface area contributed by atoms with Crippen molar-refractivity contribution in [2.24, 2.45) is 0 Å². The fourth-order valence-corrected chi connectivity index (χ4v) is 7.10. The van der Waals surface area contributed by atoms with Gasteiger partial charge in [0.1, 0.15) is 11.2 Å². The third-order valence-electron chi connectivity index (χ3n) is 9.72. The van der Waals surface area contributed by atoms with Crippen LogP contribution in [-0.4, -0.2) is 15.0 Å². The van der Waals surface area contributed by atoms with Gasteiger partial charge >= 0.3 is 0 Å². The van der Waals surface area contributed by atoms with Gasteiger partial charge in [-0.3, -0.25) is 0 Å². The highest BCUT2D eigenvalue weighted by molar-refractivity contribution is 6.06. The molecule has 0 atom stereocenters. The Labute approximate surface area is 294 Å². The third kappa shape index (κ3) is 5.22. The van der Waals surface area contributed by atoms with Crippen molar-refractivity contribution >= 4 is 43.5 Å². The van der Waals surface area contributed by atoms with Crippen LogP contribution in [-0.2, 0) is 0 Å². The lowest BCUT2D eigenvalue weighted by Gasteiger charge is -2.11. The summed E-state index contributed by atoms with van der Waals surface area (Å²) in [7, 11) is 0. The first kappa shape index (κ1) is 29.0. The molecule has 0 spiro atoms. The lowest BCUT2D eigenvalue weighted by Crippen LogP contribution is -2.00. The fraction of sp³-hybridized carbons (Fsp3) is 0. The molecule has 2 heterocycles. The minimum atomic E-state index is 0.623. The Bertz CT molecular complexity index is 2920. The lowest BCUT2D eigenvalue weighted by molar-refractivity contribution is 0.669. The molecule has 8 aromatic carbocycles. The Hall–Kier alpha value is -6.91. The largest absolute Gasteiger partial charge is 0.456 e. The van der Waals surface area contributed by atoms with Gasteiger partial charge in [-0.15, -0.1) is 0 Å². The van der Waals surface area contributed by atoms with Crippen LogP contribution in [0.1, 0.15) is 0 Å². The summed E-state index contributed by atoms with van der Waals surface area (Å²) in [5.74, 6) is 1.89. The number of furan rings is 1. The molecule has 0 amide bonds. The van der Waals surface area contributed by atoms with Crippen LogP contribution in [0.2, 0.25) is 0 Å². The van der Waals surface area contributed by atoms with E-state index in [1.807, 2.05) is 18.2 Å². The second kappa shape index (κ2) is 11.9. The Balaban J connectivity index is 1.09. The normalized spacial score (nSPS) is 11.5.